The molecule has 4 heterocycles. The van der Waals surface area contributed by atoms with Crippen molar-refractivity contribution in [3.63, 3.8) is 0 Å². The van der Waals surface area contributed by atoms with Crippen LogP contribution in [-0.4, -0.2) is 123 Å². The Hall–Kier alpha value is -6.65. The lowest BCUT2D eigenvalue weighted by Crippen LogP contribution is -2.82. The zero-order valence-electron chi connectivity index (χ0n) is 48.1. The van der Waals surface area contributed by atoms with Gasteiger partial charge in [-0.1, -0.05) is 108 Å². The van der Waals surface area contributed by atoms with Gasteiger partial charge in [-0.3, -0.25) is 14.4 Å². The zero-order valence-corrected chi connectivity index (χ0v) is 48.1. The second-order valence-corrected chi connectivity index (χ2v) is 24.6. The minimum absolute atomic E-state index is 0.0283. The molecule has 5 aromatic rings. The van der Waals surface area contributed by atoms with Crippen molar-refractivity contribution in [1.82, 2.24) is 4.90 Å². The first-order chi connectivity index (χ1) is 38.6. The monoisotopic (exact) mass is 1100 g/mol. The van der Waals surface area contributed by atoms with Crippen LogP contribution in [0, 0.1) is 17.8 Å². The Kier molecular flexibility index (Phi) is 14.5. The Balaban J connectivity index is 1.13. The summed E-state index contributed by atoms with van der Waals surface area (Å²) in [6.45, 7) is 15.3. The number of ether oxygens (including phenoxy) is 5. The van der Waals surface area contributed by atoms with Crippen molar-refractivity contribution in [2.45, 2.75) is 153 Å². The van der Waals surface area contributed by atoms with Gasteiger partial charge >= 0.3 is 0 Å². The molecule has 1 spiro atoms. The Morgan fingerprint density at radius 2 is 1.46 bits per heavy atom. The number of anilines is 1. The van der Waals surface area contributed by atoms with E-state index in [-0.39, 0.29) is 41.6 Å². The van der Waals surface area contributed by atoms with Gasteiger partial charge in [0.05, 0.1) is 29.7 Å². The van der Waals surface area contributed by atoms with Gasteiger partial charge in [0, 0.05) is 61.1 Å². The Bertz CT molecular complexity index is 3470. The van der Waals surface area contributed by atoms with Gasteiger partial charge in [0.15, 0.2) is 22.8 Å². The lowest BCUT2D eigenvalue weighted by atomic mass is 9.44. The van der Waals surface area contributed by atoms with Crippen LogP contribution in [0.2, 0.25) is 0 Å². The van der Waals surface area contributed by atoms with E-state index in [0.29, 0.717) is 48.3 Å². The van der Waals surface area contributed by atoms with Crippen molar-refractivity contribution < 1.29 is 58.5 Å². The second-order valence-electron chi connectivity index (χ2n) is 24.6. The first kappa shape index (κ1) is 56.2. The molecule has 12 rings (SSSR count). The van der Waals surface area contributed by atoms with Crippen LogP contribution in [0.3, 0.4) is 0 Å². The molecular weight excluding hydrogens is 1020 g/mol. The fraction of sp³-hybridized carbons (Fsp3) is 0.448. The number of nitrogens with zero attached hydrogens (tertiary/aromatic N) is 2. The van der Waals surface area contributed by atoms with E-state index in [2.05, 4.69) is 11.0 Å². The van der Waals surface area contributed by atoms with Crippen molar-refractivity contribution in [3.05, 3.63) is 148 Å². The number of carbonyl (C=O) groups excluding carboxylic acids is 3. The lowest BCUT2D eigenvalue weighted by molar-refractivity contribution is -0.277. The maximum Gasteiger partial charge on any atom is 0.249 e. The summed E-state index contributed by atoms with van der Waals surface area (Å²) < 4.78 is 35.5. The average Bonchev–Trinajstić information content (AvgIpc) is 2.31. The predicted octanol–water partition coefficient (Wildman–Crippen LogP) is 9.79. The highest BCUT2D eigenvalue weighted by Crippen LogP contribution is 2.71. The van der Waals surface area contributed by atoms with Gasteiger partial charge in [-0.05, 0) is 121 Å². The van der Waals surface area contributed by atoms with Gasteiger partial charge in [0.25, 0.3) is 0 Å². The first-order valence-corrected chi connectivity index (χ1v) is 28.5. The number of hydrogen-bond donors (Lipinski definition) is 4. The maximum atomic E-state index is 17.2. The van der Waals surface area contributed by atoms with Gasteiger partial charge in [0.1, 0.15) is 52.8 Å². The van der Waals surface area contributed by atoms with E-state index >= 15 is 9.59 Å². The van der Waals surface area contributed by atoms with Crippen LogP contribution in [0.4, 0.5) is 5.69 Å². The predicted molar refractivity (Wildman–Crippen MR) is 311 cm³/mol. The molecule has 4 aliphatic heterocycles. The minimum Gasteiger partial charge on any atom is -0.482 e. The molecule has 4 N–H and O–H groups in total. The van der Waals surface area contributed by atoms with Crippen LogP contribution in [0.1, 0.15) is 108 Å². The smallest absolute Gasteiger partial charge is 0.249 e. The highest BCUT2D eigenvalue weighted by Gasteiger charge is 2.86. The largest absolute Gasteiger partial charge is 0.482 e. The molecule has 14 nitrogen and oxygen atoms in total. The fourth-order valence-corrected chi connectivity index (χ4v) is 14.4. The lowest BCUT2D eigenvalue weighted by Gasteiger charge is -2.64. The molecule has 4 bridgehead atoms. The number of amides is 1. The van der Waals surface area contributed by atoms with Crippen LogP contribution < -0.4 is 19.1 Å². The highest BCUT2D eigenvalue weighted by atomic mass is 16.7. The van der Waals surface area contributed by atoms with Crippen LogP contribution in [0.5, 0.6) is 17.2 Å². The number of rotatable bonds is 15. The topological polar surface area (TPSA) is 185 Å². The number of likely N-dealkylation sites (N-methyl/N-ethyl adjacent to an activating group) is 1. The highest BCUT2D eigenvalue weighted by molar-refractivity contribution is 6.11. The van der Waals surface area contributed by atoms with Crippen molar-refractivity contribution in [2.75, 3.05) is 25.6 Å². The molecular formula is C67H76N2O12. The zero-order chi connectivity index (χ0) is 57.7. The quantitative estimate of drug-likeness (QED) is 0.0574. The van der Waals surface area contributed by atoms with Crippen LogP contribution >= 0.6 is 0 Å². The summed E-state index contributed by atoms with van der Waals surface area (Å²) in [5.41, 5.74) is -0.188. The SMILES string of the molecule is CC(C)=CCCC1(C)C=Cc2c(c(CC=C(C)C)c3c(c2O[C@@H]2O[C@H](CO)[C@@H](O)[C@H](O)[C@H]2O)C(=O)C2C(N(C)c4cccc5ccccc45)C4CC5C(C)(C)OC(C/C=C(/C)C(=O)N(C)Cc6cccc7ccccc67)(C4=O)C25O3)O1. The molecule has 0 aromatic heterocycles. The number of fused-ring (bicyclic) bond motifs is 4. The van der Waals surface area contributed by atoms with Crippen LogP contribution in [0.15, 0.2) is 126 Å². The van der Waals surface area contributed by atoms with Gasteiger partial charge in [-0.15, -0.1) is 0 Å². The molecule has 426 valence electrons. The van der Waals surface area contributed by atoms with Crippen LogP contribution in [-0.2, 0) is 32.0 Å². The van der Waals surface area contributed by atoms with E-state index < -0.39 is 89.3 Å². The van der Waals surface area contributed by atoms with Crippen molar-refractivity contribution >= 4 is 50.8 Å². The standard InChI is InChI=1S/C67H76N2O12/c1-37(2)18-17-31-65(8)32-30-46-58(79-65)45(28-27-38(3)4)60-51(59(46)78-63-57(74)56(73)54(71)49(36-70)77-63)55(72)52-53(69(10)48-26-16-22-41-20-12-14-25-44(41)48)47-34-50-64(6,7)81-66(61(47)75,67(50,52)80-60)33-29-39(5)62(76)68(9)35-42-23-15-21-40-19-11-13-24-43(40)42/h11-16,18-27,29-30,32,47,49-50,52-54,56-57,63,70-71,73-74H,17,28,31,33-36H2,1-10H3/b39-29-/t47?,49-,50?,52?,53?,54-,56+,57-,63+,65?,66?,67?/m1/s1. The molecule has 81 heavy (non-hydrogen) atoms. The second kappa shape index (κ2) is 21.0. The molecule has 12 atom stereocenters. The van der Waals surface area contributed by atoms with Gasteiger partial charge in [-0.2, -0.15) is 0 Å². The maximum absolute atomic E-state index is 17.2. The summed E-state index contributed by atoms with van der Waals surface area (Å²) in [4.78, 5) is 51.9. The van der Waals surface area contributed by atoms with Crippen molar-refractivity contribution in [3.8, 4) is 17.2 Å². The summed E-state index contributed by atoms with van der Waals surface area (Å²) in [6.07, 6.45) is 3.17. The van der Waals surface area contributed by atoms with Crippen LogP contribution in [0.25, 0.3) is 27.6 Å². The number of hydrogen-bond acceptors (Lipinski definition) is 13. The third-order valence-corrected chi connectivity index (χ3v) is 18.3. The number of allylic oxidation sites excluding steroid dienone is 4. The first-order valence-electron chi connectivity index (χ1n) is 28.5. The normalized spacial score (nSPS) is 30.4. The summed E-state index contributed by atoms with van der Waals surface area (Å²) in [5.74, 6) is -2.90. The van der Waals surface area contributed by atoms with Gasteiger partial charge < -0.3 is 53.9 Å². The van der Waals surface area contributed by atoms with Gasteiger partial charge in [0.2, 0.25) is 12.2 Å². The van der Waals surface area contributed by atoms with Gasteiger partial charge in [-0.25, -0.2) is 0 Å². The summed E-state index contributed by atoms with van der Waals surface area (Å²) in [6, 6.07) is 27.3. The molecule has 3 aliphatic carbocycles. The Morgan fingerprint density at radius 1 is 0.790 bits per heavy atom. The molecule has 7 aliphatic rings. The van der Waals surface area contributed by atoms with E-state index in [4.69, 9.17) is 23.7 Å². The van der Waals surface area contributed by atoms with E-state index in [1.807, 2.05) is 159 Å². The molecule has 5 fully saturated rings. The number of ketones is 2. The molecule has 1 amide bonds. The Morgan fingerprint density at radius 3 is 2.16 bits per heavy atom. The third kappa shape index (κ3) is 9.12. The molecule has 0 radical (unpaired) electrons. The van der Waals surface area contributed by atoms with Crippen molar-refractivity contribution in [2.24, 2.45) is 17.8 Å². The molecule has 14 heteroatoms. The Labute approximate surface area is 474 Å². The number of aliphatic hydroxyl groups is 4. The summed E-state index contributed by atoms with van der Waals surface area (Å²) >= 11 is 0. The molecule has 7 unspecified atom stereocenters. The average molecular weight is 1100 g/mol. The number of Topliss-reactive ketones (excluding diaryl/α,β-unsaturated/α-hetero) is 2. The fourth-order valence-electron chi connectivity index (χ4n) is 14.4. The van der Waals surface area contributed by atoms with E-state index in [1.54, 1.807) is 24.9 Å². The van der Waals surface area contributed by atoms with E-state index in [9.17, 15) is 25.2 Å². The molecule has 2 saturated heterocycles. The number of aliphatic hydroxyl groups excluding tert-OH is 4. The molecule has 3 saturated carbocycles. The summed E-state index contributed by atoms with van der Waals surface area (Å²) in [5, 5.41) is 48.1. The summed E-state index contributed by atoms with van der Waals surface area (Å²) in [7, 11) is 3.69. The minimum atomic E-state index is -1.83. The third-order valence-electron chi connectivity index (χ3n) is 18.3. The number of benzene rings is 5. The van der Waals surface area contributed by atoms with E-state index in [1.165, 1.54) is 0 Å². The molecule has 5 aromatic carbocycles. The number of carbonyl (C=O) groups is 3. The van der Waals surface area contributed by atoms with E-state index in [0.717, 1.165) is 43.9 Å². The van der Waals surface area contributed by atoms with Crippen molar-refractivity contribution in [1.29, 1.82) is 0 Å².